The second-order valence-electron chi connectivity index (χ2n) is 17.1. The van der Waals surface area contributed by atoms with Gasteiger partial charge in [0.15, 0.2) is 6.10 Å². The second kappa shape index (κ2) is 52.7. The van der Waals surface area contributed by atoms with Crippen LogP contribution in [0.3, 0.4) is 0 Å². The van der Waals surface area contributed by atoms with Gasteiger partial charge in [0.2, 0.25) is 0 Å². The highest BCUT2D eigenvalue weighted by atomic mass is 16.6. The topological polar surface area (TPSA) is 78.9 Å². The van der Waals surface area contributed by atoms with Gasteiger partial charge in [-0.1, -0.05) is 214 Å². The number of ether oxygens (including phenoxy) is 3. The number of hydrogen-bond acceptors (Lipinski definition) is 6. The number of rotatable bonds is 46. The number of esters is 3. The number of unbranched alkanes of at least 4 members (excludes halogenated alkanes) is 17. The third-order valence-corrected chi connectivity index (χ3v) is 10.8. The van der Waals surface area contributed by atoms with Crippen LogP contribution in [0.5, 0.6) is 0 Å². The maximum absolute atomic E-state index is 12.8. The van der Waals surface area contributed by atoms with E-state index in [1.807, 2.05) is 0 Å². The summed E-state index contributed by atoms with van der Waals surface area (Å²) in [5, 5.41) is 0. The van der Waals surface area contributed by atoms with E-state index < -0.39 is 6.10 Å². The average molecular weight is 901 g/mol. The molecule has 0 aliphatic heterocycles. The van der Waals surface area contributed by atoms with Crippen molar-refractivity contribution in [2.24, 2.45) is 0 Å². The van der Waals surface area contributed by atoms with Crippen LogP contribution in [0.2, 0.25) is 0 Å². The number of hydrogen-bond donors (Lipinski definition) is 0. The van der Waals surface area contributed by atoms with E-state index in [4.69, 9.17) is 14.2 Å². The Morgan fingerprint density at radius 2 is 0.615 bits per heavy atom. The summed E-state index contributed by atoms with van der Waals surface area (Å²) in [4.78, 5) is 37.8. The first-order valence-electron chi connectivity index (χ1n) is 26.4. The van der Waals surface area contributed by atoms with Crippen molar-refractivity contribution in [1.29, 1.82) is 0 Å². The summed E-state index contributed by atoms with van der Waals surface area (Å²) in [6.45, 7) is 6.38. The zero-order valence-electron chi connectivity index (χ0n) is 42.0. The Morgan fingerprint density at radius 3 is 1.02 bits per heavy atom. The molecule has 0 rings (SSSR count). The van der Waals surface area contributed by atoms with Crippen molar-refractivity contribution in [3.05, 3.63) is 109 Å². The van der Waals surface area contributed by atoms with Crippen LogP contribution in [0.4, 0.5) is 0 Å². The van der Waals surface area contributed by atoms with Gasteiger partial charge in [0, 0.05) is 19.3 Å². The molecule has 1 atom stereocenters. The van der Waals surface area contributed by atoms with Gasteiger partial charge < -0.3 is 14.2 Å². The lowest BCUT2D eigenvalue weighted by Crippen LogP contribution is -2.30. The van der Waals surface area contributed by atoms with Crippen molar-refractivity contribution in [1.82, 2.24) is 0 Å². The predicted octanol–water partition coefficient (Wildman–Crippen LogP) is 17.5. The Morgan fingerprint density at radius 1 is 0.323 bits per heavy atom. The molecule has 0 saturated heterocycles. The van der Waals surface area contributed by atoms with Crippen LogP contribution in [-0.4, -0.2) is 37.2 Å². The van der Waals surface area contributed by atoms with Crippen LogP contribution >= 0.6 is 0 Å². The molecule has 0 fully saturated rings. The van der Waals surface area contributed by atoms with Crippen molar-refractivity contribution < 1.29 is 28.6 Å². The highest BCUT2D eigenvalue weighted by Gasteiger charge is 2.19. The van der Waals surface area contributed by atoms with Gasteiger partial charge >= 0.3 is 17.9 Å². The number of carbonyl (C=O) groups excluding carboxylic acids is 3. The van der Waals surface area contributed by atoms with Crippen molar-refractivity contribution in [3.8, 4) is 0 Å². The Hall–Kier alpha value is -3.93. The summed E-state index contributed by atoms with van der Waals surface area (Å²) < 4.78 is 16.7. The Kier molecular flexibility index (Phi) is 49.5. The van der Waals surface area contributed by atoms with E-state index in [1.165, 1.54) is 77.0 Å². The molecule has 0 radical (unpaired) electrons. The zero-order valence-corrected chi connectivity index (χ0v) is 42.0. The molecule has 0 heterocycles. The van der Waals surface area contributed by atoms with Gasteiger partial charge in [-0.3, -0.25) is 14.4 Å². The first-order valence-corrected chi connectivity index (χ1v) is 26.4. The molecular formula is C59H96O6. The number of carbonyl (C=O) groups is 3. The van der Waals surface area contributed by atoms with Gasteiger partial charge in [-0.15, -0.1) is 0 Å². The molecule has 0 aliphatic carbocycles. The van der Waals surface area contributed by atoms with E-state index in [0.717, 1.165) is 103 Å². The van der Waals surface area contributed by atoms with Crippen molar-refractivity contribution in [2.75, 3.05) is 13.2 Å². The minimum atomic E-state index is -0.804. The van der Waals surface area contributed by atoms with Crippen LogP contribution < -0.4 is 0 Å². The van der Waals surface area contributed by atoms with Gasteiger partial charge in [0.25, 0.3) is 0 Å². The lowest BCUT2D eigenvalue weighted by atomic mass is 10.1. The highest BCUT2D eigenvalue weighted by Crippen LogP contribution is 2.13. The minimum absolute atomic E-state index is 0.101. The Labute approximate surface area is 400 Å². The highest BCUT2D eigenvalue weighted by molar-refractivity contribution is 5.71. The Bertz CT molecular complexity index is 1360. The molecule has 0 aromatic carbocycles. The lowest BCUT2D eigenvalue weighted by molar-refractivity contribution is -0.167. The third-order valence-electron chi connectivity index (χ3n) is 10.8. The molecule has 0 bridgehead atoms. The average Bonchev–Trinajstić information content (AvgIpc) is 3.30. The molecule has 6 heteroatoms. The van der Waals surface area contributed by atoms with Gasteiger partial charge in [-0.2, -0.15) is 0 Å². The zero-order chi connectivity index (χ0) is 47.2. The summed E-state index contributed by atoms with van der Waals surface area (Å²) in [6.07, 6.45) is 71.0. The molecule has 1 unspecified atom stereocenters. The van der Waals surface area contributed by atoms with Crippen LogP contribution in [-0.2, 0) is 28.6 Å². The molecule has 0 amide bonds. The maximum atomic E-state index is 12.8. The third kappa shape index (κ3) is 50.9. The summed E-state index contributed by atoms with van der Waals surface area (Å²) in [5.41, 5.74) is 0. The minimum Gasteiger partial charge on any atom is -0.462 e. The van der Waals surface area contributed by atoms with Gasteiger partial charge in [0.05, 0.1) is 0 Å². The van der Waals surface area contributed by atoms with Crippen LogP contribution in [0.1, 0.15) is 226 Å². The smallest absolute Gasteiger partial charge is 0.306 e. The molecule has 368 valence electrons. The summed E-state index contributed by atoms with van der Waals surface area (Å²) in [6, 6.07) is 0. The predicted molar refractivity (Wildman–Crippen MR) is 279 cm³/mol. The maximum Gasteiger partial charge on any atom is 0.306 e. The molecule has 0 aromatic rings. The standard InChI is InChI=1S/C59H96O6/c1-4-7-10-13-16-18-20-22-24-26-28-29-30-31-32-34-35-37-39-41-43-46-49-52-58(61)64-55-56(54-63-57(60)51-48-45-15-12-9-6-3)65-59(62)53-50-47-44-42-40-38-36-33-27-25-23-21-19-17-14-11-8-5-2/h7,10,16,18-19,21-22,24-25,27-29,31-32,35,37,41,43,56H,4-6,8-9,11-15,17,20,23,26,30,33-34,36,38-40,42,44-55H2,1-3H3/b10-7-,18-16-,21-19-,24-22-,27-25-,29-28-,32-31-,37-35-,43-41-. The lowest BCUT2D eigenvalue weighted by Gasteiger charge is -2.18. The fraction of sp³-hybridized carbons (Fsp3) is 0.644. The van der Waals surface area contributed by atoms with Crippen LogP contribution in [0.25, 0.3) is 0 Å². The first-order chi connectivity index (χ1) is 32.0. The summed E-state index contributed by atoms with van der Waals surface area (Å²) >= 11 is 0. The van der Waals surface area contributed by atoms with Gasteiger partial charge in [-0.05, 0) is 103 Å². The summed E-state index contributed by atoms with van der Waals surface area (Å²) in [7, 11) is 0. The van der Waals surface area contributed by atoms with Crippen molar-refractivity contribution in [3.63, 3.8) is 0 Å². The molecule has 0 aromatic heterocycles. The quantitative estimate of drug-likeness (QED) is 0.0262. The molecule has 65 heavy (non-hydrogen) atoms. The normalized spacial score (nSPS) is 13.0. The fourth-order valence-electron chi connectivity index (χ4n) is 6.81. The first kappa shape index (κ1) is 61.1. The van der Waals surface area contributed by atoms with Crippen LogP contribution in [0.15, 0.2) is 109 Å². The fourth-order valence-corrected chi connectivity index (χ4v) is 6.81. The van der Waals surface area contributed by atoms with E-state index in [-0.39, 0.29) is 37.5 Å². The Balaban J connectivity index is 4.34. The largest absolute Gasteiger partial charge is 0.462 e. The van der Waals surface area contributed by atoms with Crippen LogP contribution in [0, 0.1) is 0 Å². The second-order valence-corrected chi connectivity index (χ2v) is 17.1. The summed E-state index contributed by atoms with van der Waals surface area (Å²) in [5.74, 6) is -0.986. The van der Waals surface area contributed by atoms with Gasteiger partial charge in [-0.25, -0.2) is 0 Å². The van der Waals surface area contributed by atoms with Crippen molar-refractivity contribution >= 4 is 17.9 Å². The van der Waals surface area contributed by atoms with E-state index in [0.29, 0.717) is 19.3 Å². The van der Waals surface area contributed by atoms with E-state index in [2.05, 4.69) is 130 Å². The molecule has 0 aliphatic rings. The number of allylic oxidation sites excluding steroid dienone is 18. The monoisotopic (exact) mass is 901 g/mol. The molecule has 0 saturated carbocycles. The van der Waals surface area contributed by atoms with Crippen molar-refractivity contribution in [2.45, 2.75) is 232 Å². The molecular weight excluding hydrogens is 805 g/mol. The van der Waals surface area contributed by atoms with E-state index in [9.17, 15) is 14.4 Å². The molecule has 0 N–H and O–H groups in total. The van der Waals surface area contributed by atoms with E-state index in [1.54, 1.807) is 0 Å². The van der Waals surface area contributed by atoms with Gasteiger partial charge in [0.1, 0.15) is 13.2 Å². The molecule has 6 nitrogen and oxygen atoms in total. The molecule has 0 spiro atoms. The SMILES string of the molecule is CC/C=C\C/C=C\C/C=C\C/C=C\C/C=C\C/C=C\C/C=C\CCCC(=O)OCC(COC(=O)CCCCCCCC)OC(=O)CCCCCCCCC/C=C\C/C=C\CCCCCC. The van der Waals surface area contributed by atoms with E-state index >= 15 is 0 Å².